The highest BCUT2D eigenvalue weighted by atomic mass is 32.1. The summed E-state index contributed by atoms with van der Waals surface area (Å²) in [6.45, 7) is 1.57. The lowest BCUT2D eigenvalue weighted by Crippen LogP contribution is -2.29. The molecule has 0 spiro atoms. The molecule has 0 fully saturated rings. The number of nitrogen functional groups attached to an aromatic ring is 1. The molecule has 7 heteroatoms. The van der Waals surface area contributed by atoms with Gasteiger partial charge in [-0.25, -0.2) is 0 Å². The van der Waals surface area contributed by atoms with Crippen molar-refractivity contribution in [1.82, 2.24) is 20.4 Å². The van der Waals surface area contributed by atoms with Crippen LogP contribution < -0.4 is 11.1 Å². The molecule has 0 aliphatic rings. The number of thiophene rings is 1. The summed E-state index contributed by atoms with van der Waals surface area (Å²) in [5.74, 6) is -0.0587. The van der Waals surface area contributed by atoms with Crippen LogP contribution in [0.2, 0.25) is 0 Å². The predicted octanol–water partition coefficient (Wildman–Crippen LogP) is 0.955. The van der Waals surface area contributed by atoms with Gasteiger partial charge in [-0.05, 0) is 26.1 Å². The van der Waals surface area contributed by atoms with Gasteiger partial charge in [-0.1, -0.05) is 0 Å². The van der Waals surface area contributed by atoms with Crippen LogP contribution in [0.15, 0.2) is 12.3 Å². The number of aromatic nitrogens is 2. The summed E-state index contributed by atoms with van der Waals surface area (Å²) in [4.78, 5) is 15.2. The third-order valence-corrected chi connectivity index (χ3v) is 3.98. The number of carbonyl (C=O) groups is 1. The molecule has 0 aliphatic heterocycles. The van der Waals surface area contributed by atoms with E-state index in [1.54, 1.807) is 24.2 Å². The highest BCUT2D eigenvalue weighted by molar-refractivity contribution is 7.21. The van der Waals surface area contributed by atoms with Crippen LogP contribution in [-0.4, -0.2) is 48.2 Å². The fourth-order valence-corrected chi connectivity index (χ4v) is 2.83. The minimum atomic E-state index is -0.0587. The van der Waals surface area contributed by atoms with E-state index in [9.17, 15) is 4.79 Å². The van der Waals surface area contributed by atoms with Gasteiger partial charge in [0.2, 0.25) is 0 Å². The first kappa shape index (κ1) is 13.7. The molecule has 0 saturated carbocycles. The van der Waals surface area contributed by atoms with Crippen LogP contribution in [-0.2, 0) is 0 Å². The van der Waals surface area contributed by atoms with Crippen LogP contribution in [0.25, 0.3) is 10.2 Å². The van der Waals surface area contributed by atoms with Crippen LogP contribution in [0.5, 0.6) is 0 Å². The van der Waals surface area contributed by atoms with Gasteiger partial charge in [-0.2, -0.15) is 5.10 Å². The maximum Gasteiger partial charge on any atom is 0.265 e. The van der Waals surface area contributed by atoms with Crippen molar-refractivity contribution in [3.05, 3.63) is 17.1 Å². The van der Waals surface area contributed by atoms with Gasteiger partial charge >= 0.3 is 0 Å². The standard InChI is InChI=1S/C12H17N5OS/c1-14-5-3-7-17(2)12(18)10-9(13)8-4-6-15-16-11(8)19-10/h4,6,14H,3,5,7,13H2,1-2H3. The molecule has 0 aromatic carbocycles. The molecule has 2 aromatic heterocycles. The Labute approximate surface area is 115 Å². The zero-order chi connectivity index (χ0) is 13.8. The van der Waals surface area contributed by atoms with E-state index < -0.39 is 0 Å². The SMILES string of the molecule is CNCCCN(C)C(=O)c1sc2nnccc2c1N. The molecule has 0 radical (unpaired) electrons. The van der Waals surface area contributed by atoms with Crippen molar-refractivity contribution in [2.45, 2.75) is 6.42 Å². The number of hydrogen-bond acceptors (Lipinski definition) is 6. The molecule has 0 aliphatic carbocycles. The molecule has 2 aromatic rings. The smallest absolute Gasteiger partial charge is 0.265 e. The molecule has 1 amide bonds. The number of hydrogen-bond donors (Lipinski definition) is 2. The first-order valence-corrected chi connectivity index (χ1v) is 6.86. The van der Waals surface area contributed by atoms with E-state index in [-0.39, 0.29) is 5.91 Å². The molecule has 3 N–H and O–H groups in total. The summed E-state index contributed by atoms with van der Waals surface area (Å²) in [5.41, 5.74) is 6.52. The zero-order valence-corrected chi connectivity index (χ0v) is 11.8. The normalized spacial score (nSPS) is 10.8. The molecule has 102 valence electrons. The Morgan fingerprint density at radius 3 is 3.05 bits per heavy atom. The minimum Gasteiger partial charge on any atom is -0.397 e. The number of amides is 1. The Kier molecular flexibility index (Phi) is 4.28. The van der Waals surface area contributed by atoms with Crippen LogP contribution >= 0.6 is 11.3 Å². The molecule has 0 atom stereocenters. The van der Waals surface area contributed by atoms with Crippen LogP contribution in [0.4, 0.5) is 5.69 Å². The van der Waals surface area contributed by atoms with Crippen molar-refractivity contribution in [1.29, 1.82) is 0 Å². The second kappa shape index (κ2) is 5.94. The first-order chi connectivity index (χ1) is 9.15. The van der Waals surface area contributed by atoms with Gasteiger partial charge in [-0.3, -0.25) is 4.79 Å². The van der Waals surface area contributed by atoms with Gasteiger partial charge < -0.3 is 16.0 Å². The van der Waals surface area contributed by atoms with Crippen LogP contribution in [0.1, 0.15) is 16.1 Å². The van der Waals surface area contributed by atoms with Crippen molar-refractivity contribution >= 4 is 33.1 Å². The van der Waals surface area contributed by atoms with E-state index in [0.717, 1.165) is 18.4 Å². The van der Waals surface area contributed by atoms with Crippen molar-refractivity contribution in [2.75, 3.05) is 32.9 Å². The van der Waals surface area contributed by atoms with E-state index >= 15 is 0 Å². The highest BCUT2D eigenvalue weighted by Gasteiger charge is 2.20. The Balaban J connectivity index is 2.19. The van der Waals surface area contributed by atoms with Crippen LogP contribution in [0.3, 0.4) is 0 Å². The second-order valence-electron chi connectivity index (χ2n) is 4.28. The molecule has 2 rings (SSSR count). The molecule has 0 saturated heterocycles. The van der Waals surface area contributed by atoms with E-state index in [0.29, 0.717) is 21.9 Å². The number of nitrogens with two attached hydrogens (primary N) is 1. The number of rotatable bonds is 5. The lowest BCUT2D eigenvalue weighted by atomic mass is 10.2. The zero-order valence-electron chi connectivity index (χ0n) is 11.0. The maximum absolute atomic E-state index is 12.3. The van der Waals surface area contributed by atoms with E-state index in [4.69, 9.17) is 5.73 Å². The summed E-state index contributed by atoms with van der Waals surface area (Å²) >= 11 is 1.29. The first-order valence-electron chi connectivity index (χ1n) is 6.05. The average Bonchev–Trinajstić information content (AvgIpc) is 2.76. The van der Waals surface area contributed by atoms with Gasteiger partial charge in [-0.15, -0.1) is 16.4 Å². The number of carbonyl (C=O) groups excluding carboxylic acids is 1. The predicted molar refractivity (Wildman–Crippen MR) is 77.3 cm³/mol. The van der Waals surface area contributed by atoms with Crippen molar-refractivity contribution < 1.29 is 4.79 Å². The maximum atomic E-state index is 12.3. The topological polar surface area (TPSA) is 84.1 Å². The van der Waals surface area contributed by atoms with Gasteiger partial charge in [0, 0.05) is 19.0 Å². The third kappa shape index (κ3) is 2.82. The van der Waals surface area contributed by atoms with Crippen molar-refractivity contribution in [3.63, 3.8) is 0 Å². The van der Waals surface area contributed by atoms with Gasteiger partial charge in [0.25, 0.3) is 5.91 Å². The Morgan fingerprint density at radius 2 is 2.37 bits per heavy atom. The summed E-state index contributed by atoms with van der Waals surface area (Å²) < 4.78 is 0. The molecule has 19 heavy (non-hydrogen) atoms. The Bertz CT molecular complexity index is 583. The molecule has 6 nitrogen and oxygen atoms in total. The molecular formula is C12H17N5OS. The minimum absolute atomic E-state index is 0.0587. The number of nitrogens with zero attached hydrogens (tertiary/aromatic N) is 3. The number of nitrogens with one attached hydrogen (secondary N) is 1. The van der Waals surface area contributed by atoms with Crippen LogP contribution in [0, 0.1) is 0 Å². The Hall–Kier alpha value is -1.73. The average molecular weight is 279 g/mol. The lowest BCUT2D eigenvalue weighted by Gasteiger charge is -2.16. The number of anilines is 1. The fraction of sp³-hybridized carbons (Fsp3) is 0.417. The third-order valence-electron chi connectivity index (χ3n) is 2.88. The van der Waals surface area contributed by atoms with Gasteiger partial charge in [0.1, 0.15) is 9.71 Å². The van der Waals surface area contributed by atoms with Gasteiger partial charge in [0.05, 0.1) is 11.9 Å². The molecule has 0 bridgehead atoms. The summed E-state index contributed by atoms with van der Waals surface area (Å²) in [6.07, 6.45) is 2.49. The van der Waals surface area contributed by atoms with E-state index in [1.807, 2.05) is 7.05 Å². The van der Waals surface area contributed by atoms with E-state index in [1.165, 1.54) is 11.3 Å². The second-order valence-corrected chi connectivity index (χ2v) is 5.28. The van der Waals surface area contributed by atoms with Crippen molar-refractivity contribution in [3.8, 4) is 0 Å². The largest absolute Gasteiger partial charge is 0.397 e. The molecule has 0 unspecified atom stereocenters. The molecule has 2 heterocycles. The van der Waals surface area contributed by atoms with Gasteiger partial charge in [0.15, 0.2) is 0 Å². The van der Waals surface area contributed by atoms with Crippen molar-refractivity contribution in [2.24, 2.45) is 0 Å². The summed E-state index contributed by atoms with van der Waals surface area (Å²) in [6, 6.07) is 1.78. The Morgan fingerprint density at radius 1 is 1.58 bits per heavy atom. The number of fused-ring (bicyclic) bond motifs is 1. The monoisotopic (exact) mass is 279 g/mol. The summed E-state index contributed by atoms with van der Waals surface area (Å²) in [7, 11) is 3.68. The fourth-order valence-electron chi connectivity index (χ4n) is 1.80. The quantitative estimate of drug-likeness (QED) is 0.796. The lowest BCUT2D eigenvalue weighted by molar-refractivity contribution is 0.0799. The highest BCUT2D eigenvalue weighted by Crippen LogP contribution is 2.32. The summed E-state index contributed by atoms with van der Waals surface area (Å²) in [5, 5.41) is 11.6. The van der Waals surface area contributed by atoms with E-state index in [2.05, 4.69) is 15.5 Å². The molecular weight excluding hydrogens is 262 g/mol.